The molecule has 1 heterocycles. The van der Waals surface area contributed by atoms with Crippen LogP contribution in [0.4, 0.5) is 0 Å². The van der Waals surface area contributed by atoms with Gasteiger partial charge in [0.2, 0.25) is 0 Å². The minimum absolute atomic E-state index is 0.0821. The monoisotopic (exact) mass is 259 g/mol. The van der Waals surface area contributed by atoms with Gasteiger partial charge in [0.1, 0.15) is 5.03 Å². The summed E-state index contributed by atoms with van der Waals surface area (Å²) in [5.41, 5.74) is 7.47. The molecule has 3 N–H and O–H groups in total. The van der Waals surface area contributed by atoms with Crippen LogP contribution in [0.15, 0.2) is 58.8 Å². The molecule has 0 saturated heterocycles. The van der Waals surface area contributed by atoms with E-state index in [1.807, 2.05) is 18.2 Å². The van der Waals surface area contributed by atoms with Gasteiger partial charge in [0, 0.05) is 11.9 Å². The predicted octanol–water partition coefficient (Wildman–Crippen LogP) is 2.47. The van der Waals surface area contributed by atoms with E-state index in [9.17, 15) is 0 Å². The predicted molar refractivity (Wildman–Crippen MR) is 72.8 cm³/mol. The molecule has 0 radical (unpaired) electrons. The molecular weight excluding hydrogens is 246 g/mol. The highest BCUT2D eigenvalue weighted by molar-refractivity contribution is 7.98. The van der Waals surface area contributed by atoms with Crippen molar-refractivity contribution in [3.8, 4) is 0 Å². The van der Waals surface area contributed by atoms with Crippen LogP contribution in [0.2, 0.25) is 0 Å². The number of nitrogens with two attached hydrogens (primary N) is 1. The number of aromatic nitrogens is 1. The molecule has 0 bridgehead atoms. The van der Waals surface area contributed by atoms with Crippen molar-refractivity contribution < 1.29 is 5.21 Å². The molecule has 2 aromatic rings. The second-order valence-corrected chi connectivity index (χ2v) is 4.58. The van der Waals surface area contributed by atoms with Crippen molar-refractivity contribution in [2.75, 3.05) is 0 Å². The fourth-order valence-electron chi connectivity index (χ4n) is 1.48. The van der Waals surface area contributed by atoms with E-state index in [-0.39, 0.29) is 5.84 Å². The molecule has 4 nitrogen and oxygen atoms in total. The number of nitrogens with zero attached hydrogens (tertiary/aromatic N) is 2. The Morgan fingerprint density at radius 3 is 2.72 bits per heavy atom. The molecule has 0 spiro atoms. The Kier molecular flexibility index (Phi) is 4.20. The largest absolute Gasteiger partial charge is 0.409 e. The molecule has 0 aliphatic carbocycles. The lowest BCUT2D eigenvalue weighted by atomic mass is 10.2. The summed E-state index contributed by atoms with van der Waals surface area (Å²) in [5.74, 6) is 0.877. The molecule has 0 aliphatic rings. The summed E-state index contributed by atoms with van der Waals surface area (Å²) >= 11 is 1.56. The van der Waals surface area contributed by atoms with Crippen LogP contribution in [0.25, 0.3) is 0 Å². The number of hydrogen-bond donors (Lipinski definition) is 2. The van der Waals surface area contributed by atoms with Crippen molar-refractivity contribution in [3.05, 3.63) is 59.8 Å². The maximum absolute atomic E-state index is 8.72. The van der Waals surface area contributed by atoms with Gasteiger partial charge in [-0.2, -0.15) is 0 Å². The highest BCUT2D eigenvalue weighted by atomic mass is 32.2. The second-order valence-electron chi connectivity index (χ2n) is 3.62. The maximum atomic E-state index is 8.72. The summed E-state index contributed by atoms with van der Waals surface area (Å²) < 4.78 is 0. The zero-order valence-corrected chi connectivity index (χ0v) is 10.5. The zero-order chi connectivity index (χ0) is 12.8. The zero-order valence-electron chi connectivity index (χ0n) is 9.65. The molecular formula is C13H13N3OS. The van der Waals surface area contributed by atoms with Crippen LogP contribution < -0.4 is 5.73 Å². The first-order valence-electron chi connectivity index (χ1n) is 5.41. The molecule has 0 fully saturated rings. The van der Waals surface area contributed by atoms with Gasteiger partial charge in [-0.15, -0.1) is 11.8 Å². The van der Waals surface area contributed by atoms with Crippen molar-refractivity contribution in [2.24, 2.45) is 10.9 Å². The summed E-state index contributed by atoms with van der Waals surface area (Å²) in [6.07, 6.45) is 1.70. The second kappa shape index (κ2) is 6.07. The van der Waals surface area contributed by atoms with Crippen molar-refractivity contribution in [2.45, 2.75) is 10.8 Å². The highest BCUT2D eigenvalue weighted by Crippen LogP contribution is 2.23. The molecule has 1 aromatic heterocycles. The Morgan fingerprint density at radius 2 is 2.00 bits per heavy atom. The van der Waals surface area contributed by atoms with E-state index in [1.54, 1.807) is 30.1 Å². The Morgan fingerprint density at radius 1 is 1.22 bits per heavy atom. The molecule has 5 heteroatoms. The molecule has 18 heavy (non-hydrogen) atoms. The molecule has 1 aromatic carbocycles. The number of oxime groups is 1. The van der Waals surface area contributed by atoms with Crippen LogP contribution in [-0.2, 0) is 5.75 Å². The third-order valence-corrected chi connectivity index (χ3v) is 3.45. The van der Waals surface area contributed by atoms with E-state index in [1.165, 1.54) is 5.56 Å². The number of benzene rings is 1. The van der Waals surface area contributed by atoms with Crippen LogP contribution in [0.1, 0.15) is 11.1 Å². The molecule has 0 saturated carbocycles. The number of thioether (sulfide) groups is 1. The number of amidine groups is 1. The number of hydrogen-bond acceptors (Lipinski definition) is 4. The van der Waals surface area contributed by atoms with Gasteiger partial charge in [-0.05, 0) is 17.7 Å². The van der Waals surface area contributed by atoms with E-state index in [4.69, 9.17) is 10.9 Å². The minimum atomic E-state index is 0.0821. The normalized spacial score (nSPS) is 11.4. The van der Waals surface area contributed by atoms with Crippen LogP contribution in [0, 0.1) is 0 Å². The van der Waals surface area contributed by atoms with Gasteiger partial charge in [0.15, 0.2) is 5.84 Å². The molecule has 0 aliphatic heterocycles. The van der Waals surface area contributed by atoms with Crippen LogP contribution >= 0.6 is 11.8 Å². The minimum Gasteiger partial charge on any atom is -0.409 e. The topological polar surface area (TPSA) is 71.5 Å². The quantitative estimate of drug-likeness (QED) is 0.291. The fourth-order valence-corrected chi connectivity index (χ4v) is 2.44. The number of pyridine rings is 1. The van der Waals surface area contributed by atoms with E-state index < -0.39 is 0 Å². The average molecular weight is 259 g/mol. The van der Waals surface area contributed by atoms with E-state index in [0.29, 0.717) is 5.56 Å². The first kappa shape index (κ1) is 12.4. The van der Waals surface area contributed by atoms with Gasteiger partial charge >= 0.3 is 0 Å². The van der Waals surface area contributed by atoms with Gasteiger partial charge in [-0.1, -0.05) is 35.5 Å². The molecule has 92 valence electrons. The maximum Gasteiger partial charge on any atom is 0.172 e. The molecule has 0 atom stereocenters. The Bertz CT molecular complexity index is 543. The summed E-state index contributed by atoms with van der Waals surface area (Å²) in [5, 5.41) is 12.5. The van der Waals surface area contributed by atoms with Crippen LogP contribution in [0.5, 0.6) is 0 Å². The van der Waals surface area contributed by atoms with Crippen LogP contribution in [-0.4, -0.2) is 16.0 Å². The standard InChI is InChI=1S/C13H13N3OS/c14-12(16-17)11-7-4-8-15-13(11)18-9-10-5-2-1-3-6-10/h1-8,17H,9H2,(H2,14,16). The van der Waals surface area contributed by atoms with Crippen LogP contribution in [0.3, 0.4) is 0 Å². The van der Waals surface area contributed by atoms with Gasteiger partial charge in [-0.25, -0.2) is 4.98 Å². The molecule has 0 amide bonds. The van der Waals surface area contributed by atoms with Crippen molar-refractivity contribution in [1.82, 2.24) is 4.98 Å². The molecule has 0 unspecified atom stereocenters. The lowest BCUT2D eigenvalue weighted by molar-refractivity contribution is 0.318. The van der Waals surface area contributed by atoms with E-state index in [2.05, 4.69) is 22.3 Å². The third kappa shape index (κ3) is 3.01. The third-order valence-electron chi connectivity index (χ3n) is 2.37. The van der Waals surface area contributed by atoms with Gasteiger partial charge < -0.3 is 10.9 Å². The van der Waals surface area contributed by atoms with Gasteiger partial charge in [-0.3, -0.25) is 0 Å². The van der Waals surface area contributed by atoms with E-state index in [0.717, 1.165) is 10.8 Å². The smallest absolute Gasteiger partial charge is 0.172 e. The lowest BCUT2D eigenvalue weighted by Crippen LogP contribution is -2.14. The summed E-state index contributed by atoms with van der Waals surface area (Å²) in [6, 6.07) is 13.6. The Labute approximate surface area is 110 Å². The summed E-state index contributed by atoms with van der Waals surface area (Å²) in [7, 11) is 0. The summed E-state index contributed by atoms with van der Waals surface area (Å²) in [6.45, 7) is 0. The number of rotatable bonds is 4. The first-order chi connectivity index (χ1) is 8.81. The Hall–Kier alpha value is -2.01. The van der Waals surface area contributed by atoms with Crippen molar-refractivity contribution >= 4 is 17.6 Å². The molecule has 2 rings (SSSR count). The van der Waals surface area contributed by atoms with Gasteiger partial charge in [0.05, 0.1) is 5.56 Å². The van der Waals surface area contributed by atoms with E-state index >= 15 is 0 Å². The first-order valence-corrected chi connectivity index (χ1v) is 6.39. The summed E-state index contributed by atoms with van der Waals surface area (Å²) in [4.78, 5) is 4.25. The van der Waals surface area contributed by atoms with Crippen molar-refractivity contribution in [1.29, 1.82) is 0 Å². The van der Waals surface area contributed by atoms with Gasteiger partial charge in [0.25, 0.3) is 0 Å². The SMILES string of the molecule is N/C(=N\O)c1cccnc1SCc1ccccc1. The fraction of sp³-hybridized carbons (Fsp3) is 0.0769. The Balaban J connectivity index is 2.15. The lowest BCUT2D eigenvalue weighted by Gasteiger charge is -2.06. The van der Waals surface area contributed by atoms with Crippen molar-refractivity contribution in [3.63, 3.8) is 0 Å². The highest BCUT2D eigenvalue weighted by Gasteiger charge is 2.08. The average Bonchev–Trinajstić information content (AvgIpc) is 2.45.